The number of imidazole rings is 1. The van der Waals surface area contributed by atoms with Gasteiger partial charge in [-0.3, -0.25) is 0 Å². The average molecular weight is 299 g/mol. The van der Waals surface area contributed by atoms with Crippen LogP contribution in [0.3, 0.4) is 0 Å². The van der Waals surface area contributed by atoms with E-state index in [4.69, 9.17) is 5.73 Å². The van der Waals surface area contributed by atoms with Gasteiger partial charge in [0.25, 0.3) is 0 Å². The smallest absolute Gasteiger partial charge is 0.405 e. The first-order chi connectivity index (χ1) is 9.83. The van der Waals surface area contributed by atoms with Crippen LogP contribution >= 0.6 is 0 Å². The third kappa shape index (κ3) is 3.29. The van der Waals surface area contributed by atoms with Crippen LogP contribution in [-0.4, -0.2) is 15.9 Å². The molecule has 2 rings (SSSR count). The Bertz CT molecular complexity index is 635. The van der Waals surface area contributed by atoms with Crippen molar-refractivity contribution in [2.45, 2.75) is 26.1 Å². The van der Waals surface area contributed by atoms with Crippen molar-refractivity contribution in [2.24, 2.45) is 7.05 Å². The van der Waals surface area contributed by atoms with Gasteiger partial charge in [-0.15, -0.1) is 13.2 Å². The Morgan fingerprint density at radius 1 is 1.29 bits per heavy atom. The molecule has 1 aromatic heterocycles. The first kappa shape index (κ1) is 15.2. The fraction of sp³-hybridized carbons (Fsp3) is 0.357. The summed E-state index contributed by atoms with van der Waals surface area (Å²) in [5, 5.41) is 0. The lowest BCUT2D eigenvalue weighted by molar-refractivity contribution is -0.274. The SMILES string of the molecule is CCCc1nc(-c2ccccc2OC(F)(F)F)c(N)n1C. The lowest BCUT2D eigenvalue weighted by Crippen LogP contribution is -2.17. The molecule has 0 fully saturated rings. The minimum Gasteiger partial charge on any atom is -0.405 e. The van der Waals surface area contributed by atoms with Crippen molar-refractivity contribution in [2.75, 3.05) is 5.73 Å². The summed E-state index contributed by atoms with van der Waals surface area (Å²) in [5.41, 5.74) is 6.50. The van der Waals surface area contributed by atoms with E-state index >= 15 is 0 Å². The molecule has 2 aromatic rings. The number of aryl methyl sites for hydroxylation is 1. The summed E-state index contributed by atoms with van der Waals surface area (Å²) in [6, 6.07) is 5.84. The highest BCUT2D eigenvalue weighted by molar-refractivity contribution is 5.76. The molecule has 0 atom stereocenters. The molecular formula is C14H16F3N3O. The summed E-state index contributed by atoms with van der Waals surface area (Å²) in [6.07, 6.45) is -3.20. The number of anilines is 1. The van der Waals surface area contributed by atoms with E-state index in [1.807, 2.05) is 6.92 Å². The van der Waals surface area contributed by atoms with Crippen LogP contribution < -0.4 is 10.5 Å². The van der Waals surface area contributed by atoms with Gasteiger partial charge in [0.1, 0.15) is 23.1 Å². The van der Waals surface area contributed by atoms with Crippen molar-refractivity contribution >= 4 is 5.82 Å². The molecule has 114 valence electrons. The van der Waals surface area contributed by atoms with Gasteiger partial charge in [-0.1, -0.05) is 19.1 Å². The molecule has 2 N–H and O–H groups in total. The lowest BCUT2D eigenvalue weighted by Gasteiger charge is -2.12. The third-order valence-electron chi connectivity index (χ3n) is 3.07. The molecule has 1 aromatic carbocycles. The number of benzene rings is 1. The van der Waals surface area contributed by atoms with Gasteiger partial charge in [0.15, 0.2) is 0 Å². The molecule has 0 saturated heterocycles. The molecule has 21 heavy (non-hydrogen) atoms. The quantitative estimate of drug-likeness (QED) is 0.939. The Kier molecular flexibility index (Phi) is 4.11. The van der Waals surface area contributed by atoms with Crippen LogP contribution in [0.4, 0.5) is 19.0 Å². The normalized spacial score (nSPS) is 11.7. The van der Waals surface area contributed by atoms with Crippen LogP contribution in [0, 0.1) is 0 Å². The molecule has 1 heterocycles. The zero-order chi connectivity index (χ0) is 15.6. The summed E-state index contributed by atoms with van der Waals surface area (Å²) >= 11 is 0. The Labute approximate surface area is 120 Å². The largest absolute Gasteiger partial charge is 0.573 e. The van der Waals surface area contributed by atoms with E-state index in [9.17, 15) is 13.2 Å². The summed E-state index contributed by atoms with van der Waals surface area (Å²) in [5.74, 6) is 0.737. The van der Waals surface area contributed by atoms with Gasteiger partial charge in [0.2, 0.25) is 0 Å². The molecule has 0 unspecified atom stereocenters. The van der Waals surface area contributed by atoms with Crippen molar-refractivity contribution in [3.05, 3.63) is 30.1 Å². The van der Waals surface area contributed by atoms with Gasteiger partial charge in [-0.2, -0.15) is 0 Å². The minimum atomic E-state index is -4.76. The van der Waals surface area contributed by atoms with Gasteiger partial charge in [0.05, 0.1) is 0 Å². The first-order valence-electron chi connectivity index (χ1n) is 6.49. The predicted octanol–water partition coefficient (Wildman–Crippen LogP) is 3.52. The van der Waals surface area contributed by atoms with Crippen LogP contribution in [0.5, 0.6) is 5.75 Å². The second-order valence-corrected chi connectivity index (χ2v) is 4.61. The Morgan fingerprint density at radius 2 is 1.95 bits per heavy atom. The maximum absolute atomic E-state index is 12.5. The number of ether oxygens (including phenoxy) is 1. The highest BCUT2D eigenvalue weighted by atomic mass is 19.4. The van der Waals surface area contributed by atoms with Crippen LogP contribution in [0.1, 0.15) is 19.2 Å². The highest BCUT2D eigenvalue weighted by Gasteiger charge is 2.32. The summed E-state index contributed by atoms with van der Waals surface area (Å²) in [6.45, 7) is 1.99. The predicted molar refractivity (Wildman–Crippen MR) is 73.7 cm³/mol. The molecule has 0 aliphatic rings. The molecule has 0 spiro atoms. The Balaban J connectivity index is 2.50. The molecule has 0 aliphatic carbocycles. The van der Waals surface area contributed by atoms with E-state index in [1.54, 1.807) is 17.7 Å². The number of nitrogens with two attached hydrogens (primary N) is 1. The van der Waals surface area contributed by atoms with E-state index in [0.717, 1.165) is 12.2 Å². The number of alkyl halides is 3. The Hall–Kier alpha value is -2.18. The number of hydrogen-bond donors (Lipinski definition) is 1. The zero-order valence-corrected chi connectivity index (χ0v) is 11.7. The Morgan fingerprint density at radius 3 is 2.57 bits per heavy atom. The molecule has 4 nitrogen and oxygen atoms in total. The fourth-order valence-electron chi connectivity index (χ4n) is 2.08. The summed E-state index contributed by atoms with van der Waals surface area (Å²) < 4.78 is 43.1. The van der Waals surface area contributed by atoms with Gasteiger partial charge >= 0.3 is 6.36 Å². The third-order valence-corrected chi connectivity index (χ3v) is 3.07. The molecule has 0 saturated carbocycles. The number of rotatable bonds is 4. The van der Waals surface area contributed by atoms with Crippen LogP contribution in [0.15, 0.2) is 24.3 Å². The minimum absolute atomic E-state index is 0.227. The number of aromatic nitrogens is 2. The summed E-state index contributed by atoms with van der Waals surface area (Å²) in [7, 11) is 1.74. The van der Waals surface area contributed by atoms with Gasteiger partial charge in [-0.05, 0) is 18.6 Å². The molecule has 0 bridgehead atoms. The number of hydrogen-bond acceptors (Lipinski definition) is 3. The molecular weight excluding hydrogens is 283 g/mol. The second-order valence-electron chi connectivity index (χ2n) is 4.61. The van der Waals surface area contributed by atoms with Crippen molar-refractivity contribution in [3.63, 3.8) is 0 Å². The van der Waals surface area contributed by atoms with E-state index in [2.05, 4.69) is 9.72 Å². The van der Waals surface area contributed by atoms with E-state index in [1.165, 1.54) is 18.2 Å². The van der Waals surface area contributed by atoms with Gasteiger partial charge < -0.3 is 15.0 Å². The van der Waals surface area contributed by atoms with Gasteiger partial charge in [-0.25, -0.2) is 4.98 Å². The van der Waals surface area contributed by atoms with Crippen LogP contribution in [0.25, 0.3) is 11.3 Å². The van der Waals surface area contributed by atoms with Crippen molar-refractivity contribution in [1.82, 2.24) is 9.55 Å². The van der Waals surface area contributed by atoms with Crippen LogP contribution in [-0.2, 0) is 13.5 Å². The van der Waals surface area contributed by atoms with E-state index in [-0.39, 0.29) is 11.3 Å². The van der Waals surface area contributed by atoms with Gasteiger partial charge in [0, 0.05) is 19.0 Å². The fourth-order valence-corrected chi connectivity index (χ4v) is 2.08. The molecule has 0 aliphatic heterocycles. The molecule has 0 amide bonds. The van der Waals surface area contributed by atoms with E-state index < -0.39 is 6.36 Å². The van der Waals surface area contributed by atoms with Crippen molar-refractivity contribution in [1.29, 1.82) is 0 Å². The maximum Gasteiger partial charge on any atom is 0.573 e. The van der Waals surface area contributed by atoms with E-state index in [0.29, 0.717) is 17.9 Å². The summed E-state index contributed by atoms with van der Waals surface area (Å²) in [4.78, 5) is 4.35. The van der Waals surface area contributed by atoms with Crippen molar-refractivity contribution in [3.8, 4) is 17.0 Å². The molecule has 7 heteroatoms. The topological polar surface area (TPSA) is 53.1 Å². The number of nitrogen functional groups attached to an aromatic ring is 1. The average Bonchev–Trinajstić information content (AvgIpc) is 2.67. The zero-order valence-electron chi connectivity index (χ0n) is 11.7. The second kappa shape index (κ2) is 5.67. The van der Waals surface area contributed by atoms with Crippen molar-refractivity contribution < 1.29 is 17.9 Å². The standard InChI is InChI=1S/C14H16F3N3O/c1-3-6-11-19-12(13(18)20(11)2)9-7-4-5-8-10(9)21-14(15,16)17/h4-5,7-8H,3,6,18H2,1-2H3. The monoisotopic (exact) mass is 299 g/mol. The highest BCUT2D eigenvalue weighted by Crippen LogP contribution is 2.36. The van der Waals surface area contributed by atoms with Crippen LogP contribution in [0.2, 0.25) is 0 Å². The number of nitrogens with zero attached hydrogens (tertiary/aromatic N) is 2. The number of para-hydroxylation sites is 1. The first-order valence-corrected chi connectivity index (χ1v) is 6.49. The molecule has 0 radical (unpaired) electrons. The maximum atomic E-state index is 12.5. The lowest BCUT2D eigenvalue weighted by atomic mass is 10.1. The number of halogens is 3.